The van der Waals surface area contributed by atoms with E-state index >= 15 is 0 Å². The maximum absolute atomic E-state index is 13.7. The molecule has 0 radical (unpaired) electrons. The smallest absolute Gasteiger partial charge is 0.411 e. The predicted molar refractivity (Wildman–Crippen MR) is 152 cm³/mol. The molecular formula is C28H33ClN4O7S. The normalized spacial score (nSPS) is 25.9. The second-order valence-electron chi connectivity index (χ2n) is 11.8. The highest BCUT2D eigenvalue weighted by atomic mass is 35.5. The zero-order valence-corrected chi connectivity index (χ0v) is 24.6. The van der Waals surface area contributed by atoms with Crippen LogP contribution in [0.2, 0.25) is 5.15 Å². The molecule has 0 bridgehead atoms. The second kappa shape index (κ2) is 10.5. The third kappa shape index (κ3) is 6.13. The summed E-state index contributed by atoms with van der Waals surface area (Å²) < 4.78 is 38.8. The Kier molecular flexibility index (Phi) is 7.44. The summed E-state index contributed by atoms with van der Waals surface area (Å²) in [5, 5.41) is 3.89. The molecule has 3 amide bonds. The quantitative estimate of drug-likeness (QED) is 0.345. The van der Waals surface area contributed by atoms with E-state index in [1.807, 2.05) is 24.3 Å². The van der Waals surface area contributed by atoms with E-state index in [0.29, 0.717) is 18.2 Å². The first-order valence-corrected chi connectivity index (χ1v) is 15.4. The molecular weight excluding hydrogens is 572 g/mol. The van der Waals surface area contributed by atoms with Crippen LogP contribution in [0.15, 0.2) is 43.0 Å². The van der Waals surface area contributed by atoms with Crippen LogP contribution in [-0.4, -0.2) is 71.3 Å². The third-order valence-corrected chi connectivity index (χ3v) is 9.41. The van der Waals surface area contributed by atoms with E-state index in [0.717, 1.165) is 5.39 Å². The number of carbonyl (C=O) groups is 3. The maximum Gasteiger partial charge on any atom is 0.411 e. The predicted octanol–water partition coefficient (Wildman–Crippen LogP) is 3.31. The van der Waals surface area contributed by atoms with Crippen LogP contribution in [0.4, 0.5) is 4.79 Å². The number of rotatable bonds is 8. The maximum atomic E-state index is 13.7. The lowest BCUT2D eigenvalue weighted by atomic mass is 10.1. The number of nitrogens with zero attached hydrogens (tertiary/aromatic N) is 2. The van der Waals surface area contributed by atoms with Gasteiger partial charge >= 0.3 is 6.09 Å². The molecule has 1 aromatic carbocycles. The molecule has 4 atom stereocenters. The summed E-state index contributed by atoms with van der Waals surface area (Å²) in [7, 11) is -3.83. The van der Waals surface area contributed by atoms with Gasteiger partial charge in [0.15, 0.2) is 0 Å². The Morgan fingerprint density at radius 3 is 2.56 bits per heavy atom. The van der Waals surface area contributed by atoms with Crippen molar-refractivity contribution in [2.75, 3.05) is 6.54 Å². The molecule has 2 aromatic rings. The summed E-state index contributed by atoms with van der Waals surface area (Å²) >= 11 is 6.22. The van der Waals surface area contributed by atoms with Gasteiger partial charge in [-0.25, -0.2) is 18.2 Å². The third-order valence-electron chi connectivity index (χ3n) is 7.39. The topological polar surface area (TPSA) is 144 Å². The van der Waals surface area contributed by atoms with Crippen LogP contribution < -0.4 is 14.8 Å². The molecule has 2 saturated carbocycles. The number of pyridine rings is 1. The minimum absolute atomic E-state index is 0.00959. The van der Waals surface area contributed by atoms with Gasteiger partial charge in [0.05, 0.1) is 11.8 Å². The van der Waals surface area contributed by atoms with Crippen molar-refractivity contribution >= 4 is 50.3 Å². The molecule has 1 saturated heterocycles. The first-order chi connectivity index (χ1) is 19.2. The van der Waals surface area contributed by atoms with Gasteiger partial charge in [0.2, 0.25) is 21.8 Å². The number of ether oxygens (including phenoxy) is 2. The Morgan fingerprint density at radius 2 is 1.93 bits per heavy atom. The van der Waals surface area contributed by atoms with Crippen molar-refractivity contribution in [1.82, 2.24) is 19.9 Å². The Labute approximate surface area is 243 Å². The number of carbonyl (C=O) groups excluding carboxylic acids is 3. The lowest BCUT2D eigenvalue weighted by Crippen LogP contribution is -2.56. The zero-order chi connectivity index (χ0) is 29.7. The van der Waals surface area contributed by atoms with Crippen molar-refractivity contribution in [2.24, 2.45) is 5.92 Å². The highest BCUT2D eigenvalue weighted by molar-refractivity contribution is 7.91. The number of hydrogen-bond donors (Lipinski definition) is 2. The summed E-state index contributed by atoms with van der Waals surface area (Å²) in [6, 6.07) is 8.05. The Balaban J connectivity index is 1.38. The van der Waals surface area contributed by atoms with E-state index in [2.05, 4.69) is 21.6 Å². The molecule has 2 aliphatic carbocycles. The van der Waals surface area contributed by atoms with E-state index in [4.69, 9.17) is 21.1 Å². The molecule has 1 aliphatic heterocycles. The first-order valence-electron chi connectivity index (χ1n) is 13.4. The van der Waals surface area contributed by atoms with Crippen molar-refractivity contribution in [2.45, 2.75) is 75.0 Å². The molecule has 1 unspecified atom stereocenters. The van der Waals surface area contributed by atoms with E-state index in [9.17, 15) is 22.8 Å². The van der Waals surface area contributed by atoms with Gasteiger partial charge in [-0.1, -0.05) is 35.9 Å². The van der Waals surface area contributed by atoms with E-state index in [1.165, 1.54) is 11.0 Å². The highest BCUT2D eigenvalue weighted by Gasteiger charge is 2.62. The summed E-state index contributed by atoms with van der Waals surface area (Å²) in [6.45, 7) is 8.87. The Hall–Kier alpha value is -3.38. The number of sulfonamides is 1. The number of fused-ring (bicyclic) bond motifs is 1. The SMILES string of the molecule is C=C[C@@H]1C[C@]1(NC(=O)[C@@H]1CC(Oc2nc(Cl)cc3ccccc23)CN1C(=O)OC(C)(C)C)C(=O)NS(=O)(=O)C1CC1. The van der Waals surface area contributed by atoms with E-state index in [-0.39, 0.29) is 30.4 Å². The van der Waals surface area contributed by atoms with Gasteiger partial charge in [-0.3, -0.25) is 19.2 Å². The molecule has 2 N–H and O–H groups in total. The molecule has 41 heavy (non-hydrogen) atoms. The van der Waals surface area contributed by atoms with Crippen molar-refractivity contribution < 1.29 is 32.3 Å². The van der Waals surface area contributed by atoms with Crippen LogP contribution in [0.3, 0.4) is 0 Å². The molecule has 0 spiro atoms. The molecule has 5 rings (SSSR count). The standard InChI is InChI=1S/C28H33ClN4O7S/c1-5-17-14-28(17,25(35)32-41(37,38)19-10-11-19)31-23(34)21-13-18(15-33(21)26(36)40-27(2,3)4)39-24-20-9-7-6-8-16(20)12-22(29)30-24/h5-9,12,17-19,21H,1,10-11,13-15H2,2-4H3,(H,31,34)(H,32,35)/t17-,18?,21+,28-/m1/s1. The average Bonchev–Trinajstić information content (AvgIpc) is 3.80. The fourth-order valence-corrected chi connectivity index (χ4v) is 6.61. The van der Waals surface area contributed by atoms with Gasteiger partial charge in [0.1, 0.15) is 28.4 Å². The number of halogens is 1. The first kappa shape index (κ1) is 29.1. The van der Waals surface area contributed by atoms with Gasteiger partial charge < -0.3 is 14.8 Å². The van der Waals surface area contributed by atoms with Crippen LogP contribution in [0.1, 0.15) is 46.5 Å². The number of hydrogen-bond acceptors (Lipinski definition) is 8. The minimum Gasteiger partial charge on any atom is -0.472 e. The largest absolute Gasteiger partial charge is 0.472 e. The van der Waals surface area contributed by atoms with Gasteiger partial charge in [-0.15, -0.1) is 6.58 Å². The molecule has 11 nitrogen and oxygen atoms in total. The molecule has 3 aliphatic rings. The van der Waals surface area contributed by atoms with Crippen molar-refractivity contribution in [3.63, 3.8) is 0 Å². The van der Waals surface area contributed by atoms with Crippen LogP contribution in [-0.2, 0) is 24.3 Å². The van der Waals surface area contributed by atoms with Gasteiger partial charge in [0, 0.05) is 17.7 Å². The van der Waals surface area contributed by atoms with Crippen LogP contribution in [0.5, 0.6) is 5.88 Å². The van der Waals surface area contributed by atoms with Crippen LogP contribution in [0.25, 0.3) is 10.8 Å². The van der Waals surface area contributed by atoms with Crippen molar-refractivity contribution in [1.29, 1.82) is 0 Å². The van der Waals surface area contributed by atoms with E-state index in [1.54, 1.807) is 26.8 Å². The molecule has 13 heteroatoms. The summed E-state index contributed by atoms with van der Waals surface area (Å²) in [4.78, 5) is 45.6. The van der Waals surface area contributed by atoms with Gasteiger partial charge in [0.25, 0.3) is 5.91 Å². The summed E-state index contributed by atoms with van der Waals surface area (Å²) in [5.74, 6) is -1.65. The Bertz CT molecular complexity index is 1520. The fraction of sp³-hybridized carbons (Fsp3) is 0.500. The monoisotopic (exact) mass is 604 g/mol. The number of amides is 3. The summed E-state index contributed by atoms with van der Waals surface area (Å²) in [5.41, 5.74) is -2.31. The number of likely N-dealkylation sites (tertiary alicyclic amines) is 1. The lowest BCUT2D eigenvalue weighted by Gasteiger charge is -2.29. The highest BCUT2D eigenvalue weighted by Crippen LogP contribution is 2.45. The summed E-state index contributed by atoms with van der Waals surface area (Å²) in [6.07, 6.45) is 1.36. The Morgan fingerprint density at radius 1 is 1.22 bits per heavy atom. The minimum atomic E-state index is -3.83. The lowest BCUT2D eigenvalue weighted by molar-refractivity contribution is -0.131. The fourth-order valence-electron chi connectivity index (χ4n) is 5.06. The molecule has 3 fully saturated rings. The van der Waals surface area contributed by atoms with Gasteiger partial charge in [-0.05, 0) is 57.6 Å². The van der Waals surface area contributed by atoms with Crippen molar-refractivity contribution in [3.8, 4) is 5.88 Å². The number of aromatic nitrogens is 1. The molecule has 2 heterocycles. The second-order valence-corrected chi connectivity index (χ2v) is 14.1. The molecule has 220 valence electrons. The zero-order valence-electron chi connectivity index (χ0n) is 23.1. The van der Waals surface area contributed by atoms with E-state index < -0.39 is 62.4 Å². The number of benzene rings is 1. The van der Waals surface area contributed by atoms with Crippen LogP contribution in [0, 0.1) is 5.92 Å². The van der Waals surface area contributed by atoms with Crippen LogP contribution >= 0.6 is 11.6 Å². The molecule has 1 aromatic heterocycles. The number of nitrogens with one attached hydrogen (secondary N) is 2. The average molecular weight is 605 g/mol. The van der Waals surface area contributed by atoms with Gasteiger partial charge in [-0.2, -0.15) is 0 Å². The van der Waals surface area contributed by atoms with Crippen molar-refractivity contribution in [3.05, 3.63) is 48.1 Å².